The SMILES string of the molecule is CC1CCCN(CC(=O)Nc2nc3c(s2)CCC3)C1CO. The number of nitrogens with one attached hydrogen (secondary N) is 1. The van der Waals surface area contributed by atoms with Crippen LogP contribution in [0.1, 0.15) is 36.8 Å². The van der Waals surface area contributed by atoms with Gasteiger partial charge in [-0.25, -0.2) is 4.98 Å². The Morgan fingerprint density at radius 3 is 3.10 bits per heavy atom. The largest absolute Gasteiger partial charge is 0.395 e. The maximum atomic E-state index is 12.2. The Morgan fingerprint density at radius 2 is 2.33 bits per heavy atom. The van der Waals surface area contributed by atoms with Crippen LogP contribution in [0.25, 0.3) is 0 Å². The van der Waals surface area contributed by atoms with Gasteiger partial charge in [0.15, 0.2) is 5.13 Å². The van der Waals surface area contributed by atoms with E-state index in [-0.39, 0.29) is 18.6 Å². The first-order valence-electron chi connectivity index (χ1n) is 7.80. The zero-order valence-electron chi connectivity index (χ0n) is 12.5. The fourth-order valence-corrected chi connectivity index (χ4v) is 4.48. The summed E-state index contributed by atoms with van der Waals surface area (Å²) in [6.07, 6.45) is 5.54. The molecule has 1 amide bonds. The molecule has 2 atom stereocenters. The first kappa shape index (κ1) is 14.9. The molecule has 116 valence electrons. The molecule has 1 saturated heterocycles. The first-order chi connectivity index (χ1) is 10.2. The Hall–Kier alpha value is -0.980. The highest BCUT2D eigenvalue weighted by Gasteiger charge is 2.29. The Balaban J connectivity index is 1.57. The number of hydrogen-bond donors (Lipinski definition) is 2. The molecular formula is C15H23N3O2S. The summed E-state index contributed by atoms with van der Waals surface area (Å²) in [6.45, 7) is 3.51. The van der Waals surface area contributed by atoms with E-state index in [1.165, 1.54) is 11.3 Å². The van der Waals surface area contributed by atoms with Gasteiger partial charge in [-0.1, -0.05) is 6.92 Å². The summed E-state index contributed by atoms with van der Waals surface area (Å²) in [4.78, 5) is 20.1. The number of thiazole rings is 1. The Bertz CT molecular complexity index is 496. The van der Waals surface area contributed by atoms with Gasteiger partial charge in [-0.05, 0) is 44.6 Å². The van der Waals surface area contributed by atoms with Gasteiger partial charge >= 0.3 is 0 Å². The second kappa shape index (κ2) is 6.42. The number of aryl methyl sites for hydroxylation is 2. The number of amides is 1. The highest BCUT2D eigenvalue weighted by molar-refractivity contribution is 7.15. The molecular weight excluding hydrogens is 286 g/mol. The standard InChI is InChI=1S/C15H23N3O2S/c1-10-4-3-7-18(12(10)9-19)8-14(20)17-15-16-11-5-2-6-13(11)21-15/h10,12,19H,2-9H2,1H3,(H,16,17,20). The van der Waals surface area contributed by atoms with Crippen molar-refractivity contribution in [3.8, 4) is 0 Å². The number of carbonyl (C=O) groups excluding carboxylic acids is 1. The van der Waals surface area contributed by atoms with Crippen LogP contribution < -0.4 is 5.32 Å². The van der Waals surface area contributed by atoms with E-state index in [4.69, 9.17) is 0 Å². The summed E-state index contributed by atoms with van der Waals surface area (Å²) < 4.78 is 0. The average Bonchev–Trinajstić information content (AvgIpc) is 2.99. The molecule has 2 N–H and O–H groups in total. The van der Waals surface area contributed by atoms with Crippen LogP contribution in [0.5, 0.6) is 0 Å². The van der Waals surface area contributed by atoms with E-state index < -0.39 is 0 Å². The van der Waals surface area contributed by atoms with Crippen molar-refractivity contribution in [1.82, 2.24) is 9.88 Å². The average molecular weight is 309 g/mol. The van der Waals surface area contributed by atoms with Gasteiger partial charge in [0.05, 0.1) is 18.8 Å². The fraction of sp³-hybridized carbons (Fsp3) is 0.733. The van der Waals surface area contributed by atoms with Crippen molar-refractivity contribution in [3.63, 3.8) is 0 Å². The lowest BCUT2D eigenvalue weighted by molar-refractivity contribution is -0.118. The molecule has 0 spiro atoms. The van der Waals surface area contributed by atoms with Gasteiger partial charge in [0.25, 0.3) is 0 Å². The molecule has 1 aromatic heterocycles. The number of carbonyl (C=O) groups is 1. The highest BCUT2D eigenvalue weighted by atomic mass is 32.1. The lowest BCUT2D eigenvalue weighted by Gasteiger charge is -2.38. The number of nitrogens with zero attached hydrogens (tertiary/aromatic N) is 2. The number of anilines is 1. The first-order valence-corrected chi connectivity index (χ1v) is 8.62. The molecule has 0 radical (unpaired) electrons. The maximum Gasteiger partial charge on any atom is 0.240 e. The van der Waals surface area contributed by atoms with Gasteiger partial charge in [-0.15, -0.1) is 11.3 Å². The van der Waals surface area contributed by atoms with Crippen LogP contribution >= 0.6 is 11.3 Å². The summed E-state index contributed by atoms with van der Waals surface area (Å²) in [5.41, 5.74) is 1.16. The van der Waals surface area contributed by atoms with Crippen LogP contribution in [0.15, 0.2) is 0 Å². The van der Waals surface area contributed by atoms with E-state index in [9.17, 15) is 9.90 Å². The van der Waals surface area contributed by atoms with E-state index in [1.54, 1.807) is 11.3 Å². The Labute approximate surface area is 129 Å². The Morgan fingerprint density at radius 1 is 1.48 bits per heavy atom. The molecule has 0 bridgehead atoms. The van der Waals surface area contributed by atoms with Crippen LogP contribution in [0, 0.1) is 5.92 Å². The highest BCUT2D eigenvalue weighted by Crippen LogP contribution is 2.30. The van der Waals surface area contributed by atoms with Crippen LogP contribution in [0.2, 0.25) is 0 Å². The van der Waals surface area contributed by atoms with E-state index in [0.717, 1.165) is 43.1 Å². The quantitative estimate of drug-likeness (QED) is 0.888. The second-order valence-electron chi connectivity index (χ2n) is 6.13. The van der Waals surface area contributed by atoms with Crippen LogP contribution in [-0.4, -0.2) is 46.6 Å². The van der Waals surface area contributed by atoms with Crippen LogP contribution in [0.4, 0.5) is 5.13 Å². The zero-order chi connectivity index (χ0) is 14.8. The smallest absolute Gasteiger partial charge is 0.240 e. The van der Waals surface area contributed by atoms with Gasteiger partial charge in [-0.3, -0.25) is 9.69 Å². The van der Waals surface area contributed by atoms with E-state index in [2.05, 4.69) is 22.1 Å². The van der Waals surface area contributed by atoms with Gasteiger partial charge in [0, 0.05) is 10.9 Å². The summed E-state index contributed by atoms with van der Waals surface area (Å²) in [6, 6.07) is 0.103. The zero-order valence-corrected chi connectivity index (χ0v) is 13.3. The third-order valence-corrected chi connectivity index (χ3v) is 5.68. The molecule has 2 aliphatic rings. The van der Waals surface area contributed by atoms with E-state index in [0.29, 0.717) is 12.5 Å². The lowest BCUT2D eigenvalue weighted by atomic mass is 9.91. The number of likely N-dealkylation sites (tertiary alicyclic amines) is 1. The van der Waals surface area contributed by atoms with Gasteiger partial charge in [0.1, 0.15) is 0 Å². The van der Waals surface area contributed by atoms with Gasteiger partial charge in [-0.2, -0.15) is 0 Å². The molecule has 1 aliphatic carbocycles. The van der Waals surface area contributed by atoms with Gasteiger partial charge < -0.3 is 10.4 Å². The summed E-state index contributed by atoms with van der Waals surface area (Å²) in [7, 11) is 0. The van der Waals surface area contributed by atoms with Crippen molar-refractivity contribution in [1.29, 1.82) is 0 Å². The van der Waals surface area contributed by atoms with Crippen molar-refractivity contribution in [2.75, 3.05) is 25.0 Å². The number of fused-ring (bicyclic) bond motifs is 1. The molecule has 1 aliphatic heterocycles. The predicted molar refractivity (Wildman–Crippen MR) is 83.6 cm³/mol. The molecule has 1 fully saturated rings. The summed E-state index contributed by atoms with van der Waals surface area (Å²) >= 11 is 1.61. The normalized spacial score (nSPS) is 25.8. The van der Waals surface area contributed by atoms with Crippen molar-refractivity contribution >= 4 is 22.4 Å². The number of piperidine rings is 1. The number of aliphatic hydroxyl groups is 1. The van der Waals surface area contributed by atoms with Gasteiger partial charge in [0.2, 0.25) is 5.91 Å². The topological polar surface area (TPSA) is 65.5 Å². The molecule has 0 saturated carbocycles. The number of aliphatic hydroxyl groups excluding tert-OH is 1. The van der Waals surface area contributed by atoms with Crippen molar-refractivity contribution < 1.29 is 9.90 Å². The monoisotopic (exact) mass is 309 g/mol. The van der Waals surface area contributed by atoms with Crippen LogP contribution in [0.3, 0.4) is 0 Å². The molecule has 2 unspecified atom stereocenters. The predicted octanol–water partition coefficient (Wildman–Crippen LogP) is 1.66. The van der Waals surface area contributed by atoms with Crippen LogP contribution in [-0.2, 0) is 17.6 Å². The molecule has 0 aromatic carbocycles. The molecule has 21 heavy (non-hydrogen) atoms. The number of aromatic nitrogens is 1. The lowest BCUT2D eigenvalue weighted by Crippen LogP contribution is -2.49. The minimum atomic E-state index is -0.0185. The van der Waals surface area contributed by atoms with E-state index >= 15 is 0 Å². The molecule has 6 heteroatoms. The molecule has 5 nitrogen and oxygen atoms in total. The second-order valence-corrected chi connectivity index (χ2v) is 7.21. The third-order valence-electron chi connectivity index (χ3n) is 4.61. The van der Waals surface area contributed by atoms with Crippen molar-refractivity contribution in [2.45, 2.75) is 45.1 Å². The summed E-state index contributed by atoms with van der Waals surface area (Å²) in [5.74, 6) is 0.426. The minimum absolute atomic E-state index is 0.0185. The van der Waals surface area contributed by atoms with Crippen molar-refractivity contribution in [2.24, 2.45) is 5.92 Å². The fourth-order valence-electron chi connectivity index (χ4n) is 3.41. The molecule has 1 aromatic rings. The van der Waals surface area contributed by atoms with E-state index in [1.807, 2.05) is 0 Å². The number of hydrogen-bond acceptors (Lipinski definition) is 5. The van der Waals surface area contributed by atoms with Crippen molar-refractivity contribution in [3.05, 3.63) is 10.6 Å². The summed E-state index contributed by atoms with van der Waals surface area (Å²) in [5, 5.41) is 13.2. The maximum absolute atomic E-state index is 12.2. The third kappa shape index (κ3) is 3.27. The molecule has 3 rings (SSSR count). The molecule has 2 heterocycles. The minimum Gasteiger partial charge on any atom is -0.395 e. The Kier molecular flexibility index (Phi) is 4.57. The number of rotatable bonds is 4.